The van der Waals surface area contributed by atoms with Crippen molar-refractivity contribution in [3.63, 3.8) is 0 Å². The summed E-state index contributed by atoms with van der Waals surface area (Å²) in [7, 11) is 0. The topological polar surface area (TPSA) is 13.1 Å². The van der Waals surface area contributed by atoms with Crippen LogP contribution in [0.2, 0.25) is 5.02 Å². The van der Waals surface area contributed by atoms with E-state index in [0.717, 1.165) is 22.3 Å². The van der Waals surface area contributed by atoms with Gasteiger partial charge in [0.15, 0.2) is 0 Å². The van der Waals surface area contributed by atoms with E-state index in [1.54, 1.807) is 0 Å². The summed E-state index contributed by atoms with van der Waals surface area (Å²) in [5, 5.41) is 1.72. The van der Waals surface area contributed by atoms with Crippen molar-refractivity contribution in [1.82, 2.24) is 0 Å². The van der Waals surface area contributed by atoms with Crippen LogP contribution in [-0.4, -0.2) is 0 Å². The molecule has 0 spiro atoms. The van der Waals surface area contributed by atoms with Gasteiger partial charge < -0.3 is 4.42 Å². The summed E-state index contributed by atoms with van der Waals surface area (Å²) in [6, 6.07) is 5.55. The average molecular weight is 215 g/mol. The minimum absolute atomic E-state index is 0.458. The van der Waals surface area contributed by atoms with Crippen LogP contribution in [-0.2, 0) is 5.88 Å². The molecule has 0 aliphatic rings. The molecule has 0 amide bonds. The first-order valence-electron chi connectivity index (χ1n) is 3.96. The van der Waals surface area contributed by atoms with E-state index >= 15 is 0 Å². The average Bonchev–Trinajstić information content (AvgIpc) is 2.40. The first-order chi connectivity index (χ1) is 6.22. The lowest BCUT2D eigenvalue weighted by atomic mass is 10.1. The third kappa shape index (κ3) is 1.43. The van der Waals surface area contributed by atoms with Gasteiger partial charge in [0.25, 0.3) is 0 Å². The summed E-state index contributed by atoms with van der Waals surface area (Å²) in [6.07, 6.45) is 0. The molecule has 1 nitrogen and oxygen atoms in total. The maximum Gasteiger partial charge on any atom is 0.134 e. The molecule has 68 valence electrons. The van der Waals surface area contributed by atoms with Crippen molar-refractivity contribution in [2.45, 2.75) is 12.8 Å². The lowest BCUT2D eigenvalue weighted by Crippen LogP contribution is -1.76. The van der Waals surface area contributed by atoms with Gasteiger partial charge in [-0.15, -0.1) is 11.6 Å². The van der Waals surface area contributed by atoms with Crippen LogP contribution in [0.15, 0.2) is 22.6 Å². The maximum absolute atomic E-state index is 5.87. The maximum atomic E-state index is 5.87. The Kier molecular flexibility index (Phi) is 2.22. The van der Waals surface area contributed by atoms with Crippen LogP contribution in [0.4, 0.5) is 0 Å². The fraction of sp³-hybridized carbons (Fsp3) is 0.200. The number of fused-ring (bicyclic) bond motifs is 1. The quantitative estimate of drug-likeness (QED) is 0.651. The summed E-state index contributed by atoms with van der Waals surface area (Å²) in [5.74, 6) is 1.33. The third-order valence-electron chi connectivity index (χ3n) is 2.09. The van der Waals surface area contributed by atoms with E-state index in [4.69, 9.17) is 27.6 Å². The molecule has 1 heterocycles. The minimum Gasteiger partial charge on any atom is -0.461 e. The molecule has 0 N–H and O–H groups in total. The highest BCUT2D eigenvalue weighted by molar-refractivity contribution is 6.31. The Bertz CT molecular complexity index is 445. The van der Waals surface area contributed by atoms with Gasteiger partial charge in [-0.3, -0.25) is 0 Å². The molecule has 0 atom stereocenters. The van der Waals surface area contributed by atoms with Gasteiger partial charge in [-0.1, -0.05) is 11.6 Å². The van der Waals surface area contributed by atoms with Crippen LogP contribution in [0, 0.1) is 6.92 Å². The van der Waals surface area contributed by atoms with Crippen LogP contribution in [0.5, 0.6) is 0 Å². The zero-order valence-corrected chi connectivity index (χ0v) is 8.62. The van der Waals surface area contributed by atoms with Gasteiger partial charge in [-0.2, -0.15) is 0 Å². The molecule has 0 aliphatic heterocycles. The first kappa shape index (κ1) is 8.92. The summed E-state index contributed by atoms with van der Waals surface area (Å²) < 4.78 is 5.50. The van der Waals surface area contributed by atoms with E-state index in [-0.39, 0.29) is 0 Å². The van der Waals surface area contributed by atoms with Crippen molar-refractivity contribution in [3.8, 4) is 0 Å². The second-order valence-electron chi connectivity index (χ2n) is 2.91. The van der Waals surface area contributed by atoms with E-state index in [0.29, 0.717) is 10.9 Å². The lowest BCUT2D eigenvalue weighted by Gasteiger charge is -1.92. The number of benzene rings is 1. The smallest absolute Gasteiger partial charge is 0.134 e. The van der Waals surface area contributed by atoms with Gasteiger partial charge in [0, 0.05) is 16.0 Å². The Morgan fingerprint density at radius 1 is 1.38 bits per heavy atom. The predicted molar refractivity (Wildman–Crippen MR) is 55.5 cm³/mol. The SMILES string of the molecule is Cc1oc2ccc(Cl)cc2c1CCl. The van der Waals surface area contributed by atoms with E-state index in [2.05, 4.69) is 0 Å². The van der Waals surface area contributed by atoms with E-state index < -0.39 is 0 Å². The number of halogens is 2. The molecule has 3 heteroatoms. The van der Waals surface area contributed by atoms with E-state index in [9.17, 15) is 0 Å². The highest BCUT2D eigenvalue weighted by Gasteiger charge is 2.09. The second-order valence-corrected chi connectivity index (χ2v) is 3.61. The van der Waals surface area contributed by atoms with Crippen LogP contribution >= 0.6 is 23.2 Å². The molecular weight excluding hydrogens is 207 g/mol. The fourth-order valence-corrected chi connectivity index (χ4v) is 1.91. The van der Waals surface area contributed by atoms with Crippen LogP contribution in [0.3, 0.4) is 0 Å². The summed E-state index contributed by atoms with van der Waals surface area (Å²) >= 11 is 11.7. The van der Waals surface area contributed by atoms with Crippen LogP contribution in [0.1, 0.15) is 11.3 Å². The summed E-state index contributed by atoms with van der Waals surface area (Å²) in [4.78, 5) is 0. The zero-order valence-electron chi connectivity index (χ0n) is 7.10. The molecule has 13 heavy (non-hydrogen) atoms. The summed E-state index contributed by atoms with van der Waals surface area (Å²) in [5.41, 5.74) is 1.87. The van der Waals surface area contributed by atoms with E-state index in [1.165, 1.54) is 0 Å². The normalized spacial score (nSPS) is 11.0. The van der Waals surface area contributed by atoms with E-state index in [1.807, 2.05) is 25.1 Å². The van der Waals surface area contributed by atoms with Crippen molar-refractivity contribution in [2.75, 3.05) is 0 Å². The van der Waals surface area contributed by atoms with Crippen LogP contribution < -0.4 is 0 Å². The third-order valence-corrected chi connectivity index (χ3v) is 2.59. The highest BCUT2D eigenvalue weighted by atomic mass is 35.5. The number of alkyl halides is 1. The molecule has 0 saturated heterocycles. The van der Waals surface area contributed by atoms with Gasteiger partial charge >= 0.3 is 0 Å². The van der Waals surface area contributed by atoms with Crippen molar-refractivity contribution in [3.05, 3.63) is 34.5 Å². The summed E-state index contributed by atoms with van der Waals surface area (Å²) in [6.45, 7) is 1.91. The van der Waals surface area contributed by atoms with Gasteiger partial charge in [-0.05, 0) is 25.1 Å². The molecular formula is C10H8Cl2O. The van der Waals surface area contributed by atoms with Gasteiger partial charge in [-0.25, -0.2) is 0 Å². The van der Waals surface area contributed by atoms with Gasteiger partial charge in [0.2, 0.25) is 0 Å². The van der Waals surface area contributed by atoms with Crippen molar-refractivity contribution in [2.24, 2.45) is 0 Å². The Morgan fingerprint density at radius 2 is 2.15 bits per heavy atom. The Morgan fingerprint density at radius 3 is 2.85 bits per heavy atom. The second kappa shape index (κ2) is 3.24. The Hall–Kier alpha value is -0.660. The van der Waals surface area contributed by atoms with Gasteiger partial charge in [0.05, 0.1) is 5.88 Å². The largest absolute Gasteiger partial charge is 0.461 e. The van der Waals surface area contributed by atoms with Crippen LogP contribution in [0.25, 0.3) is 11.0 Å². The highest BCUT2D eigenvalue weighted by Crippen LogP contribution is 2.28. The monoisotopic (exact) mass is 214 g/mol. The molecule has 2 rings (SSSR count). The zero-order chi connectivity index (χ0) is 9.42. The first-order valence-corrected chi connectivity index (χ1v) is 4.87. The number of aryl methyl sites for hydroxylation is 1. The molecule has 0 radical (unpaired) electrons. The number of rotatable bonds is 1. The standard InChI is InChI=1S/C10H8Cl2O/c1-6-9(5-11)8-4-7(12)2-3-10(8)13-6/h2-4H,5H2,1H3. The molecule has 0 unspecified atom stereocenters. The predicted octanol–water partition coefficient (Wildman–Crippen LogP) is 4.13. The molecule has 0 aliphatic carbocycles. The fourth-order valence-electron chi connectivity index (χ4n) is 1.41. The molecule has 1 aromatic heterocycles. The van der Waals surface area contributed by atoms with Crippen molar-refractivity contribution < 1.29 is 4.42 Å². The molecule has 0 saturated carbocycles. The molecule has 0 fully saturated rings. The molecule has 0 bridgehead atoms. The number of hydrogen-bond donors (Lipinski definition) is 0. The van der Waals surface area contributed by atoms with Crippen molar-refractivity contribution in [1.29, 1.82) is 0 Å². The minimum atomic E-state index is 0.458. The van der Waals surface area contributed by atoms with Gasteiger partial charge in [0.1, 0.15) is 11.3 Å². The number of hydrogen-bond acceptors (Lipinski definition) is 1. The Labute approximate surface area is 86.2 Å². The Balaban J connectivity index is 2.80. The molecule has 2 aromatic rings. The lowest BCUT2D eigenvalue weighted by molar-refractivity contribution is 0.574. The van der Waals surface area contributed by atoms with Crippen molar-refractivity contribution >= 4 is 34.2 Å². The molecule has 1 aromatic carbocycles. The number of furan rings is 1.